The molecule has 0 spiro atoms. The van der Waals surface area contributed by atoms with E-state index in [4.69, 9.17) is 9.63 Å². The fourth-order valence-electron chi connectivity index (χ4n) is 2.01. The van der Waals surface area contributed by atoms with Crippen LogP contribution in [0.4, 0.5) is 0 Å². The molecule has 118 valence electrons. The van der Waals surface area contributed by atoms with E-state index in [0.29, 0.717) is 24.3 Å². The molecule has 0 aliphatic carbocycles. The van der Waals surface area contributed by atoms with Crippen LogP contribution in [0.25, 0.3) is 0 Å². The van der Waals surface area contributed by atoms with Gasteiger partial charge in [0.25, 0.3) is 5.91 Å². The lowest BCUT2D eigenvalue weighted by atomic mass is 10.2. The van der Waals surface area contributed by atoms with Gasteiger partial charge >= 0.3 is 0 Å². The predicted molar refractivity (Wildman–Crippen MR) is 86.0 cm³/mol. The molecule has 2 N–H and O–H groups in total. The van der Waals surface area contributed by atoms with Crippen molar-refractivity contribution in [1.29, 1.82) is 0 Å². The van der Waals surface area contributed by atoms with Gasteiger partial charge in [0.15, 0.2) is 0 Å². The number of amides is 1. The van der Waals surface area contributed by atoms with Crippen LogP contribution in [-0.4, -0.2) is 29.3 Å². The number of rotatable bonds is 7. The summed E-state index contributed by atoms with van der Waals surface area (Å²) in [5.41, 5.74) is 2.60. The van der Waals surface area contributed by atoms with E-state index in [1.54, 1.807) is 11.8 Å². The molecule has 0 bridgehead atoms. The number of hydrogen-bond donors (Lipinski definition) is 2. The van der Waals surface area contributed by atoms with Crippen LogP contribution in [0.1, 0.15) is 33.8 Å². The van der Waals surface area contributed by atoms with Crippen LogP contribution in [0, 0.1) is 13.8 Å². The second-order valence-electron chi connectivity index (χ2n) is 4.92. The highest BCUT2D eigenvalue weighted by molar-refractivity contribution is 7.98. The van der Waals surface area contributed by atoms with Crippen molar-refractivity contribution in [2.24, 2.45) is 0 Å². The summed E-state index contributed by atoms with van der Waals surface area (Å²) in [7, 11) is 0. The van der Waals surface area contributed by atoms with E-state index < -0.39 is 0 Å². The van der Waals surface area contributed by atoms with E-state index in [1.165, 1.54) is 0 Å². The Hall–Kier alpha value is -1.79. The number of nitrogens with one attached hydrogen (secondary N) is 1. The zero-order chi connectivity index (χ0) is 15.9. The Bertz CT molecular complexity index is 621. The highest BCUT2D eigenvalue weighted by atomic mass is 32.2. The third kappa shape index (κ3) is 4.11. The summed E-state index contributed by atoms with van der Waals surface area (Å²) in [4.78, 5) is 13.1. The standard InChI is InChI=1S/C16H20N2O3S/c1-11-14(12(2)21-18-11)10-22-15-7-4-3-6-13(15)16(20)17-8-5-9-19/h3-4,6-7,19H,5,8-10H2,1-2H3,(H,17,20). The Labute approximate surface area is 134 Å². The molecule has 6 heteroatoms. The van der Waals surface area contributed by atoms with Crippen molar-refractivity contribution in [1.82, 2.24) is 10.5 Å². The number of aromatic nitrogens is 1. The van der Waals surface area contributed by atoms with Gasteiger partial charge in [0.1, 0.15) is 5.76 Å². The van der Waals surface area contributed by atoms with Crippen LogP contribution in [0.2, 0.25) is 0 Å². The molecule has 0 fully saturated rings. The monoisotopic (exact) mass is 320 g/mol. The van der Waals surface area contributed by atoms with Gasteiger partial charge in [-0.2, -0.15) is 0 Å². The average Bonchev–Trinajstić information content (AvgIpc) is 2.84. The fourth-order valence-corrected chi connectivity index (χ4v) is 3.22. The molecule has 0 saturated carbocycles. The van der Waals surface area contributed by atoms with E-state index >= 15 is 0 Å². The molecule has 0 aliphatic heterocycles. The van der Waals surface area contributed by atoms with Crippen LogP contribution in [0.5, 0.6) is 0 Å². The Balaban J connectivity index is 2.06. The summed E-state index contributed by atoms with van der Waals surface area (Å²) in [6.07, 6.45) is 0.556. The lowest BCUT2D eigenvalue weighted by molar-refractivity contribution is 0.0948. The maximum absolute atomic E-state index is 12.2. The van der Waals surface area contributed by atoms with E-state index in [1.807, 2.05) is 38.1 Å². The number of carbonyl (C=O) groups is 1. The first-order valence-electron chi connectivity index (χ1n) is 7.16. The lowest BCUT2D eigenvalue weighted by Crippen LogP contribution is -2.25. The maximum atomic E-state index is 12.2. The van der Waals surface area contributed by atoms with Crippen molar-refractivity contribution in [3.05, 3.63) is 46.8 Å². The van der Waals surface area contributed by atoms with E-state index in [0.717, 1.165) is 21.9 Å². The largest absolute Gasteiger partial charge is 0.396 e. The number of benzene rings is 1. The van der Waals surface area contributed by atoms with Crippen LogP contribution < -0.4 is 5.32 Å². The number of nitrogens with zero attached hydrogens (tertiary/aromatic N) is 1. The van der Waals surface area contributed by atoms with Gasteiger partial charge in [-0.15, -0.1) is 11.8 Å². The minimum Gasteiger partial charge on any atom is -0.396 e. The summed E-state index contributed by atoms with van der Waals surface area (Å²) in [5, 5.41) is 15.5. The van der Waals surface area contributed by atoms with Crippen LogP contribution in [0.3, 0.4) is 0 Å². The minimum absolute atomic E-state index is 0.0721. The fraction of sp³-hybridized carbons (Fsp3) is 0.375. The summed E-state index contributed by atoms with van der Waals surface area (Å²) >= 11 is 1.59. The normalized spacial score (nSPS) is 10.7. The second kappa shape index (κ2) is 8.00. The van der Waals surface area contributed by atoms with E-state index in [-0.39, 0.29) is 12.5 Å². The molecule has 1 aromatic heterocycles. The van der Waals surface area contributed by atoms with Crippen molar-refractivity contribution >= 4 is 17.7 Å². The average molecular weight is 320 g/mol. The molecule has 0 radical (unpaired) electrons. The van der Waals surface area contributed by atoms with Crippen molar-refractivity contribution in [2.75, 3.05) is 13.2 Å². The summed E-state index contributed by atoms with van der Waals surface area (Å²) in [6, 6.07) is 7.51. The molecular weight excluding hydrogens is 300 g/mol. The summed E-state index contributed by atoms with van der Waals surface area (Å²) in [6.45, 7) is 4.35. The molecule has 1 aromatic carbocycles. The molecule has 2 rings (SSSR count). The van der Waals surface area contributed by atoms with Gasteiger partial charge in [-0.3, -0.25) is 4.79 Å². The van der Waals surface area contributed by atoms with Crippen molar-refractivity contribution in [3.63, 3.8) is 0 Å². The van der Waals surface area contributed by atoms with Crippen LogP contribution in [-0.2, 0) is 5.75 Å². The second-order valence-corrected chi connectivity index (χ2v) is 5.94. The summed E-state index contributed by atoms with van der Waals surface area (Å²) < 4.78 is 5.16. The number of aliphatic hydroxyl groups excluding tert-OH is 1. The molecule has 0 unspecified atom stereocenters. The molecule has 5 nitrogen and oxygen atoms in total. The van der Waals surface area contributed by atoms with Crippen LogP contribution >= 0.6 is 11.8 Å². The number of carbonyl (C=O) groups excluding carboxylic acids is 1. The number of aryl methyl sites for hydroxylation is 2. The topological polar surface area (TPSA) is 75.4 Å². The zero-order valence-electron chi connectivity index (χ0n) is 12.8. The Morgan fingerprint density at radius 2 is 2.14 bits per heavy atom. The van der Waals surface area contributed by atoms with Gasteiger partial charge < -0.3 is 14.9 Å². The Morgan fingerprint density at radius 1 is 1.36 bits per heavy atom. The molecule has 0 atom stereocenters. The molecule has 1 heterocycles. The highest BCUT2D eigenvalue weighted by Gasteiger charge is 2.14. The molecular formula is C16H20N2O3S. The number of aliphatic hydroxyl groups is 1. The molecule has 0 aliphatic rings. The lowest BCUT2D eigenvalue weighted by Gasteiger charge is -2.09. The van der Waals surface area contributed by atoms with Gasteiger partial charge in [-0.05, 0) is 32.4 Å². The van der Waals surface area contributed by atoms with Gasteiger partial charge in [-0.25, -0.2) is 0 Å². The Kier molecular flexibility index (Phi) is 6.03. The first-order valence-corrected chi connectivity index (χ1v) is 8.14. The molecule has 1 amide bonds. The quantitative estimate of drug-likeness (QED) is 0.606. The van der Waals surface area contributed by atoms with Crippen LogP contribution in [0.15, 0.2) is 33.7 Å². The first kappa shape index (κ1) is 16.6. The van der Waals surface area contributed by atoms with Crippen molar-refractivity contribution in [3.8, 4) is 0 Å². The molecule has 22 heavy (non-hydrogen) atoms. The number of hydrogen-bond acceptors (Lipinski definition) is 5. The van der Waals surface area contributed by atoms with Gasteiger partial charge in [0.2, 0.25) is 0 Å². The molecule has 2 aromatic rings. The van der Waals surface area contributed by atoms with E-state index in [2.05, 4.69) is 10.5 Å². The third-order valence-electron chi connectivity index (χ3n) is 3.31. The van der Waals surface area contributed by atoms with E-state index in [9.17, 15) is 4.79 Å². The third-order valence-corrected chi connectivity index (χ3v) is 4.41. The number of thioether (sulfide) groups is 1. The predicted octanol–water partition coefficient (Wildman–Crippen LogP) is 2.70. The van der Waals surface area contributed by atoms with Crippen molar-refractivity contribution in [2.45, 2.75) is 30.9 Å². The van der Waals surface area contributed by atoms with Gasteiger partial charge in [0.05, 0.1) is 11.3 Å². The minimum atomic E-state index is -0.115. The highest BCUT2D eigenvalue weighted by Crippen LogP contribution is 2.28. The maximum Gasteiger partial charge on any atom is 0.252 e. The first-order chi connectivity index (χ1) is 10.6. The smallest absolute Gasteiger partial charge is 0.252 e. The molecule has 0 saturated heterocycles. The Morgan fingerprint density at radius 3 is 2.82 bits per heavy atom. The van der Waals surface area contributed by atoms with Crippen molar-refractivity contribution < 1.29 is 14.4 Å². The SMILES string of the molecule is Cc1noc(C)c1CSc1ccccc1C(=O)NCCCO. The van der Waals surface area contributed by atoms with Gasteiger partial charge in [-0.1, -0.05) is 17.3 Å². The summed E-state index contributed by atoms with van der Waals surface area (Å²) in [5.74, 6) is 1.41. The van der Waals surface area contributed by atoms with Gasteiger partial charge in [0, 0.05) is 29.4 Å². The zero-order valence-corrected chi connectivity index (χ0v) is 13.6.